The van der Waals surface area contributed by atoms with Crippen molar-refractivity contribution >= 4 is 11.9 Å². The highest BCUT2D eigenvalue weighted by Gasteiger charge is 2.25. The lowest BCUT2D eigenvalue weighted by Crippen LogP contribution is -2.37. The highest BCUT2D eigenvalue weighted by atomic mass is 16.7. The van der Waals surface area contributed by atoms with Crippen LogP contribution in [0.5, 0.6) is 0 Å². The van der Waals surface area contributed by atoms with E-state index in [2.05, 4.69) is 4.98 Å². The minimum absolute atomic E-state index is 0.434. The number of nitrogens with zero attached hydrogens (tertiary/aromatic N) is 2. The third-order valence-electron chi connectivity index (χ3n) is 1.92. The Labute approximate surface area is 101 Å². The van der Waals surface area contributed by atoms with Crippen LogP contribution in [0.3, 0.4) is 0 Å². The van der Waals surface area contributed by atoms with E-state index in [1.807, 2.05) is 13.0 Å². The number of hydroxylamine groups is 1. The van der Waals surface area contributed by atoms with Crippen LogP contribution in [0.2, 0.25) is 0 Å². The van der Waals surface area contributed by atoms with Crippen molar-refractivity contribution in [3.63, 3.8) is 0 Å². The van der Waals surface area contributed by atoms with E-state index in [9.17, 15) is 4.79 Å². The third-order valence-corrected chi connectivity index (χ3v) is 1.92. The molecule has 0 aliphatic rings. The zero-order valence-electron chi connectivity index (χ0n) is 10.9. The Morgan fingerprint density at radius 2 is 2.06 bits per heavy atom. The van der Waals surface area contributed by atoms with Crippen LogP contribution in [0, 0.1) is 6.92 Å². The summed E-state index contributed by atoms with van der Waals surface area (Å²) < 4.78 is 5.22. The van der Waals surface area contributed by atoms with Crippen LogP contribution >= 0.6 is 0 Å². The van der Waals surface area contributed by atoms with Gasteiger partial charge in [-0.05, 0) is 39.3 Å². The summed E-state index contributed by atoms with van der Waals surface area (Å²) in [6.07, 6.45) is 1.01. The van der Waals surface area contributed by atoms with Crippen LogP contribution in [0.15, 0.2) is 18.3 Å². The second-order valence-electron chi connectivity index (χ2n) is 4.60. The normalized spacial score (nSPS) is 11.1. The van der Waals surface area contributed by atoms with Crippen LogP contribution in [0.1, 0.15) is 26.3 Å². The Balaban J connectivity index is 2.93. The van der Waals surface area contributed by atoms with Crippen LogP contribution in [-0.4, -0.2) is 23.8 Å². The minimum Gasteiger partial charge on any atom is -0.442 e. The molecule has 1 amide bonds. The van der Waals surface area contributed by atoms with Gasteiger partial charge < -0.3 is 4.74 Å². The molecule has 1 aromatic heterocycles. The van der Waals surface area contributed by atoms with Gasteiger partial charge in [0.05, 0.1) is 7.11 Å². The molecule has 0 bridgehead atoms. The fraction of sp³-hybridized carbons (Fsp3) is 0.500. The molecule has 0 radical (unpaired) electrons. The van der Waals surface area contributed by atoms with Gasteiger partial charge in [-0.2, -0.15) is 0 Å². The molecule has 0 aliphatic carbocycles. The number of pyridine rings is 1. The predicted octanol–water partition coefficient (Wildman–Crippen LogP) is 2.69. The van der Waals surface area contributed by atoms with E-state index in [1.54, 1.807) is 33.0 Å². The summed E-state index contributed by atoms with van der Waals surface area (Å²) in [6.45, 7) is 7.23. The van der Waals surface area contributed by atoms with Gasteiger partial charge in [-0.25, -0.2) is 9.78 Å². The Morgan fingerprint density at radius 1 is 1.41 bits per heavy atom. The van der Waals surface area contributed by atoms with Crippen LogP contribution in [0.4, 0.5) is 10.6 Å². The monoisotopic (exact) mass is 238 g/mol. The van der Waals surface area contributed by atoms with Crippen molar-refractivity contribution in [1.29, 1.82) is 0 Å². The standard InChI is InChI=1S/C12H18N2O3/c1-9-7-6-8-13-10(9)14(16-5)11(15)17-12(2,3)4/h6-8H,1-5H3. The first-order valence-electron chi connectivity index (χ1n) is 5.34. The average Bonchev–Trinajstić information content (AvgIpc) is 2.19. The SMILES string of the molecule is CON(C(=O)OC(C)(C)C)c1ncccc1C. The number of amides is 1. The number of aromatic nitrogens is 1. The number of ether oxygens (including phenoxy) is 1. The molecule has 0 unspecified atom stereocenters. The number of anilines is 1. The summed E-state index contributed by atoms with van der Waals surface area (Å²) in [5.74, 6) is 0.434. The first-order chi connectivity index (χ1) is 7.85. The van der Waals surface area contributed by atoms with Crippen molar-refractivity contribution in [2.45, 2.75) is 33.3 Å². The molecule has 1 aromatic rings. The maximum absolute atomic E-state index is 11.9. The van der Waals surface area contributed by atoms with Crippen molar-refractivity contribution in [1.82, 2.24) is 4.98 Å². The number of rotatable bonds is 2. The van der Waals surface area contributed by atoms with Gasteiger partial charge in [0, 0.05) is 6.20 Å². The molecule has 0 saturated heterocycles. The van der Waals surface area contributed by atoms with Crippen molar-refractivity contribution < 1.29 is 14.4 Å². The molecule has 0 spiro atoms. The molecule has 94 valence electrons. The molecule has 17 heavy (non-hydrogen) atoms. The van der Waals surface area contributed by atoms with Crippen LogP contribution in [0.25, 0.3) is 0 Å². The van der Waals surface area contributed by atoms with Gasteiger partial charge in [0.25, 0.3) is 0 Å². The van der Waals surface area contributed by atoms with Gasteiger partial charge >= 0.3 is 6.09 Å². The van der Waals surface area contributed by atoms with E-state index in [1.165, 1.54) is 7.11 Å². The average molecular weight is 238 g/mol. The molecule has 1 rings (SSSR count). The summed E-state index contributed by atoms with van der Waals surface area (Å²) in [7, 11) is 1.40. The van der Waals surface area contributed by atoms with E-state index in [-0.39, 0.29) is 0 Å². The maximum Gasteiger partial charge on any atom is 0.440 e. The van der Waals surface area contributed by atoms with Gasteiger partial charge in [-0.3, -0.25) is 4.84 Å². The molecule has 0 aliphatic heterocycles. The molecule has 0 N–H and O–H groups in total. The van der Waals surface area contributed by atoms with Crippen molar-refractivity contribution in [3.8, 4) is 0 Å². The lowest BCUT2D eigenvalue weighted by molar-refractivity contribution is 0.0323. The van der Waals surface area contributed by atoms with Crippen LogP contribution < -0.4 is 5.06 Å². The van der Waals surface area contributed by atoms with Crippen molar-refractivity contribution in [2.75, 3.05) is 12.2 Å². The fourth-order valence-electron chi connectivity index (χ4n) is 1.24. The quantitative estimate of drug-likeness (QED) is 0.743. The first-order valence-corrected chi connectivity index (χ1v) is 5.34. The zero-order chi connectivity index (χ0) is 13.1. The second-order valence-corrected chi connectivity index (χ2v) is 4.60. The summed E-state index contributed by atoms with van der Waals surface area (Å²) in [4.78, 5) is 21.0. The molecule has 0 aromatic carbocycles. The maximum atomic E-state index is 11.9. The van der Waals surface area contributed by atoms with E-state index < -0.39 is 11.7 Å². The lowest BCUT2D eigenvalue weighted by Gasteiger charge is -2.25. The third kappa shape index (κ3) is 3.71. The molecular formula is C12H18N2O3. The van der Waals surface area contributed by atoms with Gasteiger partial charge in [-0.1, -0.05) is 6.07 Å². The van der Waals surface area contributed by atoms with Gasteiger partial charge in [0.2, 0.25) is 0 Å². The summed E-state index contributed by atoms with van der Waals surface area (Å²) in [5.41, 5.74) is 0.261. The van der Waals surface area contributed by atoms with E-state index >= 15 is 0 Å². The summed E-state index contributed by atoms with van der Waals surface area (Å²) in [6, 6.07) is 3.64. The van der Waals surface area contributed by atoms with E-state index in [0.717, 1.165) is 10.6 Å². The largest absolute Gasteiger partial charge is 0.442 e. The van der Waals surface area contributed by atoms with Gasteiger partial charge in [0.1, 0.15) is 5.60 Å². The Hall–Kier alpha value is -1.62. The number of hydrogen-bond donors (Lipinski definition) is 0. The van der Waals surface area contributed by atoms with Crippen molar-refractivity contribution in [2.24, 2.45) is 0 Å². The molecule has 0 atom stereocenters. The highest BCUT2D eigenvalue weighted by molar-refractivity contribution is 5.85. The number of aryl methyl sites for hydroxylation is 1. The van der Waals surface area contributed by atoms with Crippen LogP contribution in [-0.2, 0) is 9.57 Å². The number of carbonyl (C=O) groups excluding carboxylic acids is 1. The first kappa shape index (κ1) is 13.4. The molecule has 0 fully saturated rings. The van der Waals surface area contributed by atoms with Crippen molar-refractivity contribution in [3.05, 3.63) is 23.9 Å². The number of carbonyl (C=O) groups is 1. The minimum atomic E-state index is -0.582. The fourth-order valence-corrected chi connectivity index (χ4v) is 1.24. The Morgan fingerprint density at radius 3 is 2.53 bits per heavy atom. The Kier molecular flexibility index (Phi) is 4.07. The van der Waals surface area contributed by atoms with E-state index in [0.29, 0.717) is 5.82 Å². The number of hydrogen-bond acceptors (Lipinski definition) is 4. The molecular weight excluding hydrogens is 220 g/mol. The zero-order valence-corrected chi connectivity index (χ0v) is 10.9. The summed E-state index contributed by atoms with van der Waals surface area (Å²) in [5, 5.41) is 1.04. The smallest absolute Gasteiger partial charge is 0.440 e. The molecule has 5 nitrogen and oxygen atoms in total. The lowest BCUT2D eigenvalue weighted by atomic mass is 10.2. The summed E-state index contributed by atoms with van der Waals surface area (Å²) >= 11 is 0. The predicted molar refractivity (Wildman–Crippen MR) is 64.7 cm³/mol. The molecule has 0 saturated carbocycles. The highest BCUT2D eigenvalue weighted by Crippen LogP contribution is 2.19. The second kappa shape index (κ2) is 5.14. The van der Waals surface area contributed by atoms with E-state index in [4.69, 9.17) is 9.57 Å². The molecule has 5 heteroatoms. The molecule has 1 heterocycles. The van der Waals surface area contributed by atoms with Gasteiger partial charge in [-0.15, -0.1) is 5.06 Å². The topological polar surface area (TPSA) is 51.7 Å². The van der Waals surface area contributed by atoms with Gasteiger partial charge in [0.15, 0.2) is 5.82 Å². The Bertz CT molecular complexity index is 399.